The second-order valence-electron chi connectivity index (χ2n) is 5.59. The maximum absolute atomic E-state index is 12.1. The highest BCUT2D eigenvalue weighted by molar-refractivity contribution is 7.84. The van der Waals surface area contributed by atoms with Crippen LogP contribution >= 0.6 is 11.3 Å². The standard InChI is InChI=1S/C14H23NOS2/c1-11(2)14-15-13(8-17-14)10-18(16)9-12-6-4-3-5-7-12/h8,11-12H,3-7,9-10H2,1-2H3/t18-/m1/s1. The number of thiazole rings is 1. The van der Waals surface area contributed by atoms with Crippen molar-refractivity contribution in [3.8, 4) is 0 Å². The van der Waals surface area contributed by atoms with Gasteiger partial charge in [0.15, 0.2) is 0 Å². The molecule has 1 atom stereocenters. The molecule has 1 aromatic heterocycles. The summed E-state index contributed by atoms with van der Waals surface area (Å²) in [6.07, 6.45) is 6.58. The van der Waals surface area contributed by atoms with Gasteiger partial charge in [0.25, 0.3) is 0 Å². The van der Waals surface area contributed by atoms with Gasteiger partial charge < -0.3 is 0 Å². The first-order valence-electron chi connectivity index (χ1n) is 6.94. The molecule has 4 heteroatoms. The monoisotopic (exact) mass is 285 g/mol. The van der Waals surface area contributed by atoms with Crippen molar-refractivity contribution in [2.24, 2.45) is 5.92 Å². The van der Waals surface area contributed by atoms with Crippen molar-refractivity contribution in [3.05, 3.63) is 16.1 Å². The predicted molar refractivity (Wildman–Crippen MR) is 79.5 cm³/mol. The molecular formula is C14H23NOS2. The van der Waals surface area contributed by atoms with Crippen molar-refractivity contribution in [3.63, 3.8) is 0 Å². The van der Waals surface area contributed by atoms with E-state index in [1.54, 1.807) is 11.3 Å². The maximum atomic E-state index is 12.1. The number of hydrogen-bond acceptors (Lipinski definition) is 3. The summed E-state index contributed by atoms with van der Waals surface area (Å²) in [6.45, 7) is 4.31. The van der Waals surface area contributed by atoms with E-state index in [2.05, 4.69) is 24.2 Å². The van der Waals surface area contributed by atoms with E-state index in [0.717, 1.165) is 11.4 Å². The third-order valence-electron chi connectivity index (χ3n) is 3.52. The van der Waals surface area contributed by atoms with Crippen molar-refractivity contribution in [2.45, 2.75) is 57.6 Å². The van der Waals surface area contributed by atoms with Crippen LogP contribution in [0.2, 0.25) is 0 Å². The molecule has 0 aliphatic heterocycles. The molecule has 2 rings (SSSR count). The summed E-state index contributed by atoms with van der Waals surface area (Å²) in [7, 11) is -0.724. The average Bonchev–Trinajstić information content (AvgIpc) is 2.78. The van der Waals surface area contributed by atoms with Crippen LogP contribution in [0.4, 0.5) is 0 Å². The fourth-order valence-electron chi connectivity index (χ4n) is 2.49. The molecule has 18 heavy (non-hydrogen) atoms. The van der Waals surface area contributed by atoms with E-state index in [9.17, 15) is 4.21 Å². The Morgan fingerprint density at radius 1 is 1.39 bits per heavy atom. The molecular weight excluding hydrogens is 262 g/mol. The number of aromatic nitrogens is 1. The smallest absolute Gasteiger partial charge is 0.0954 e. The van der Waals surface area contributed by atoms with E-state index < -0.39 is 10.8 Å². The molecule has 2 nitrogen and oxygen atoms in total. The van der Waals surface area contributed by atoms with Gasteiger partial charge in [-0.15, -0.1) is 11.3 Å². The van der Waals surface area contributed by atoms with Crippen molar-refractivity contribution >= 4 is 22.1 Å². The van der Waals surface area contributed by atoms with Crippen LogP contribution < -0.4 is 0 Å². The van der Waals surface area contributed by atoms with Crippen molar-refractivity contribution in [1.82, 2.24) is 4.98 Å². The van der Waals surface area contributed by atoms with Gasteiger partial charge in [-0.25, -0.2) is 4.98 Å². The Morgan fingerprint density at radius 2 is 2.11 bits per heavy atom. The molecule has 0 radical (unpaired) electrons. The quantitative estimate of drug-likeness (QED) is 0.815. The highest BCUT2D eigenvalue weighted by atomic mass is 32.2. The second-order valence-corrected chi connectivity index (χ2v) is 7.98. The van der Waals surface area contributed by atoms with Crippen molar-refractivity contribution in [2.75, 3.05) is 5.75 Å². The van der Waals surface area contributed by atoms with E-state index in [-0.39, 0.29) is 0 Å². The summed E-state index contributed by atoms with van der Waals surface area (Å²) in [4.78, 5) is 4.57. The van der Waals surface area contributed by atoms with E-state index >= 15 is 0 Å². The molecule has 1 aliphatic rings. The van der Waals surface area contributed by atoms with Gasteiger partial charge in [-0.1, -0.05) is 33.1 Å². The van der Waals surface area contributed by atoms with Crippen LogP contribution in [0, 0.1) is 5.92 Å². The zero-order valence-corrected chi connectivity index (χ0v) is 13.0. The number of nitrogens with zero attached hydrogens (tertiary/aromatic N) is 1. The van der Waals surface area contributed by atoms with Crippen molar-refractivity contribution in [1.29, 1.82) is 0 Å². The molecule has 0 unspecified atom stereocenters. The van der Waals surface area contributed by atoms with E-state index in [1.807, 2.05) is 0 Å². The van der Waals surface area contributed by atoms with Crippen LogP contribution in [0.1, 0.15) is 62.6 Å². The molecule has 0 saturated heterocycles. The summed E-state index contributed by atoms with van der Waals surface area (Å²) in [5.74, 6) is 2.71. The Morgan fingerprint density at radius 3 is 2.72 bits per heavy atom. The molecule has 0 amide bonds. The maximum Gasteiger partial charge on any atom is 0.0954 e. The lowest BCUT2D eigenvalue weighted by atomic mass is 9.91. The van der Waals surface area contributed by atoms with Gasteiger partial charge in [-0.3, -0.25) is 4.21 Å². The molecule has 1 aliphatic carbocycles. The van der Waals surface area contributed by atoms with Crippen LogP contribution in [0.3, 0.4) is 0 Å². The number of rotatable bonds is 5. The zero-order chi connectivity index (χ0) is 13.0. The lowest BCUT2D eigenvalue weighted by molar-refractivity contribution is 0.388. The highest BCUT2D eigenvalue weighted by Crippen LogP contribution is 2.25. The average molecular weight is 285 g/mol. The van der Waals surface area contributed by atoms with E-state index in [4.69, 9.17) is 0 Å². The summed E-state index contributed by atoms with van der Waals surface area (Å²) in [5.41, 5.74) is 1.03. The molecule has 1 saturated carbocycles. The first-order chi connectivity index (χ1) is 8.65. The first-order valence-corrected chi connectivity index (χ1v) is 9.31. The summed E-state index contributed by atoms with van der Waals surface area (Å²) in [6, 6.07) is 0. The lowest BCUT2D eigenvalue weighted by Gasteiger charge is -2.20. The summed E-state index contributed by atoms with van der Waals surface area (Å²) >= 11 is 1.70. The van der Waals surface area contributed by atoms with Crippen LogP contribution in [-0.2, 0) is 16.6 Å². The van der Waals surface area contributed by atoms with Gasteiger partial charge in [0.05, 0.1) is 16.5 Å². The topological polar surface area (TPSA) is 30.0 Å². The van der Waals surface area contributed by atoms with Crippen LogP contribution in [0.25, 0.3) is 0 Å². The van der Waals surface area contributed by atoms with E-state index in [1.165, 1.54) is 37.1 Å². The van der Waals surface area contributed by atoms with Crippen LogP contribution in [0.15, 0.2) is 5.38 Å². The summed E-state index contributed by atoms with van der Waals surface area (Å²) in [5, 5.41) is 3.24. The zero-order valence-electron chi connectivity index (χ0n) is 11.4. The number of hydrogen-bond donors (Lipinski definition) is 0. The molecule has 0 bridgehead atoms. The van der Waals surface area contributed by atoms with Crippen LogP contribution in [0.5, 0.6) is 0 Å². The fourth-order valence-corrected chi connectivity index (χ4v) is 4.89. The first kappa shape index (κ1) is 14.2. The van der Waals surface area contributed by atoms with Gasteiger partial charge in [0.1, 0.15) is 0 Å². The Labute approximate surface area is 117 Å². The van der Waals surface area contributed by atoms with Crippen LogP contribution in [-0.4, -0.2) is 14.9 Å². The highest BCUT2D eigenvalue weighted by Gasteiger charge is 2.17. The molecule has 1 heterocycles. The summed E-state index contributed by atoms with van der Waals surface area (Å²) < 4.78 is 12.1. The van der Waals surface area contributed by atoms with Gasteiger partial charge in [-0.05, 0) is 18.8 Å². The van der Waals surface area contributed by atoms with Gasteiger partial charge in [-0.2, -0.15) is 0 Å². The lowest BCUT2D eigenvalue weighted by Crippen LogP contribution is -2.15. The van der Waals surface area contributed by atoms with Gasteiger partial charge in [0.2, 0.25) is 0 Å². The predicted octanol–water partition coefficient (Wildman–Crippen LogP) is 4.10. The molecule has 1 aromatic rings. The third kappa shape index (κ3) is 4.16. The Hall–Kier alpha value is -0.220. The second kappa shape index (κ2) is 6.80. The van der Waals surface area contributed by atoms with Gasteiger partial charge in [0, 0.05) is 27.9 Å². The molecule has 102 valence electrons. The minimum atomic E-state index is -0.724. The largest absolute Gasteiger partial charge is 0.259 e. The Bertz CT molecular complexity index is 394. The molecule has 1 fully saturated rings. The van der Waals surface area contributed by atoms with Gasteiger partial charge >= 0.3 is 0 Å². The minimum absolute atomic E-state index is 0.482. The molecule has 0 N–H and O–H groups in total. The molecule has 0 spiro atoms. The van der Waals surface area contributed by atoms with E-state index in [0.29, 0.717) is 17.6 Å². The normalized spacial score (nSPS) is 19.3. The Kier molecular flexibility index (Phi) is 5.37. The Balaban J connectivity index is 1.82. The molecule has 0 aromatic carbocycles. The SMILES string of the molecule is CC(C)c1nc(C[S@](=O)CC2CCCCC2)cs1. The minimum Gasteiger partial charge on any atom is -0.259 e. The van der Waals surface area contributed by atoms with Crippen molar-refractivity contribution < 1.29 is 4.21 Å². The third-order valence-corrected chi connectivity index (χ3v) is 6.17. The fraction of sp³-hybridized carbons (Fsp3) is 0.786.